The molecule has 1 N–H and O–H groups in total. The van der Waals surface area contributed by atoms with Crippen molar-refractivity contribution in [3.8, 4) is 0 Å². The van der Waals surface area contributed by atoms with Gasteiger partial charge in [-0.15, -0.1) is 0 Å². The lowest BCUT2D eigenvalue weighted by atomic mass is 10.0. The van der Waals surface area contributed by atoms with Gasteiger partial charge >= 0.3 is 5.97 Å². The second kappa shape index (κ2) is 4.57. The molecule has 1 aromatic carbocycles. The van der Waals surface area contributed by atoms with Crippen molar-refractivity contribution in [3.05, 3.63) is 29.6 Å². The highest BCUT2D eigenvalue weighted by atomic mass is 19.1. The van der Waals surface area contributed by atoms with Crippen LogP contribution in [0.2, 0.25) is 0 Å². The van der Waals surface area contributed by atoms with Crippen LogP contribution in [0.3, 0.4) is 0 Å². The summed E-state index contributed by atoms with van der Waals surface area (Å²) in [5.41, 5.74) is 0.0831. The number of halogens is 1. The fourth-order valence-corrected chi connectivity index (χ4v) is 2.16. The highest BCUT2D eigenvalue weighted by Crippen LogP contribution is 2.29. The van der Waals surface area contributed by atoms with Crippen LogP contribution in [0.25, 0.3) is 0 Å². The van der Waals surface area contributed by atoms with Gasteiger partial charge in [-0.05, 0) is 32.0 Å². The van der Waals surface area contributed by atoms with Crippen molar-refractivity contribution in [1.29, 1.82) is 0 Å². The summed E-state index contributed by atoms with van der Waals surface area (Å²) in [6.07, 6.45) is 0. The van der Waals surface area contributed by atoms with Gasteiger partial charge in [-0.25, -0.2) is 9.18 Å². The van der Waals surface area contributed by atoms with Crippen molar-refractivity contribution in [1.82, 2.24) is 0 Å². The summed E-state index contributed by atoms with van der Waals surface area (Å²) in [7, 11) is 0. The highest BCUT2D eigenvalue weighted by Gasteiger charge is 2.32. The number of morpholine rings is 1. The third-order valence-electron chi connectivity index (χ3n) is 3.13. The Balaban J connectivity index is 2.36. The molecular formula is C13H16FNO3. The minimum Gasteiger partial charge on any atom is -0.478 e. The number of hydrogen-bond donors (Lipinski definition) is 1. The molecule has 0 unspecified atom stereocenters. The molecule has 1 fully saturated rings. The van der Waals surface area contributed by atoms with Crippen LogP contribution >= 0.6 is 0 Å². The molecule has 1 aromatic rings. The smallest absolute Gasteiger partial charge is 0.335 e. The van der Waals surface area contributed by atoms with Gasteiger partial charge in [-0.3, -0.25) is 0 Å². The number of aromatic carboxylic acids is 1. The maximum atomic E-state index is 14.0. The molecule has 1 saturated heterocycles. The number of carboxylic acids is 1. The number of carboxylic acid groups (broad SMARTS) is 1. The van der Waals surface area contributed by atoms with Gasteiger partial charge in [0.2, 0.25) is 0 Å². The third-order valence-corrected chi connectivity index (χ3v) is 3.13. The van der Waals surface area contributed by atoms with Crippen LogP contribution < -0.4 is 4.90 Å². The van der Waals surface area contributed by atoms with E-state index in [0.29, 0.717) is 25.4 Å². The predicted octanol–water partition coefficient (Wildman–Crippen LogP) is 2.14. The van der Waals surface area contributed by atoms with Crippen LogP contribution in [0.15, 0.2) is 18.2 Å². The SMILES string of the molecule is CC1(C)COCCN1c1ccc(C(=O)O)cc1F. The van der Waals surface area contributed by atoms with E-state index < -0.39 is 11.8 Å². The highest BCUT2D eigenvalue weighted by molar-refractivity contribution is 5.88. The van der Waals surface area contributed by atoms with E-state index in [1.54, 1.807) is 0 Å². The molecule has 1 aliphatic heterocycles. The number of anilines is 1. The lowest BCUT2D eigenvalue weighted by Crippen LogP contribution is -2.53. The summed E-state index contributed by atoms with van der Waals surface area (Å²) in [5, 5.41) is 8.81. The van der Waals surface area contributed by atoms with Crippen molar-refractivity contribution in [2.75, 3.05) is 24.7 Å². The van der Waals surface area contributed by atoms with Crippen LogP contribution in [0.1, 0.15) is 24.2 Å². The van der Waals surface area contributed by atoms with Gasteiger partial charge in [0.1, 0.15) is 5.82 Å². The maximum Gasteiger partial charge on any atom is 0.335 e. The van der Waals surface area contributed by atoms with Crippen molar-refractivity contribution in [3.63, 3.8) is 0 Å². The zero-order valence-electron chi connectivity index (χ0n) is 10.4. The number of nitrogens with zero attached hydrogens (tertiary/aromatic N) is 1. The minimum atomic E-state index is -1.12. The fourth-order valence-electron chi connectivity index (χ4n) is 2.16. The fraction of sp³-hybridized carbons (Fsp3) is 0.462. The molecule has 0 spiro atoms. The Kier molecular flexibility index (Phi) is 3.26. The lowest BCUT2D eigenvalue weighted by molar-refractivity contribution is 0.0639. The number of hydrogen-bond acceptors (Lipinski definition) is 3. The second-order valence-electron chi connectivity index (χ2n) is 4.99. The Morgan fingerprint density at radius 1 is 1.50 bits per heavy atom. The Morgan fingerprint density at radius 3 is 2.78 bits per heavy atom. The summed E-state index contributed by atoms with van der Waals surface area (Å²) >= 11 is 0. The topological polar surface area (TPSA) is 49.8 Å². The second-order valence-corrected chi connectivity index (χ2v) is 4.99. The van der Waals surface area contributed by atoms with E-state index >= 15 is 0 Å². The average molecular weight is 253 g/mol. The normalized spacial score (nSPS) is 18.7. The largest absolute Gasteiger partial charge is 0.478 e. The molecule has 1 heterocycles. The maximum absolute atomic E-state index is 14.0. The van der Waals surface area contributed by atoms with Gasteiger partial charge in [-0.1, -0.05) is 0 Å². The van der Waals surface area contributed by atoms with Crippen LogP contribution in [-0.2, 0) is 4.74 Å². The monoisotopic (exact) mass is 253 g/mol. The van der Waals surface area contributed by atoms with E-state index in [-0.39, 0.29) is 11.1 Å². The standard InChI is InChI=1S/C13H16FNO3/c1-13(2)8-18-6-5-15(13)11-4-3-9(12(16)17)7-10(11)14/h3-4,7H,5-6,8H2,1-2H3,(H,16,17). The quantitative estimate of drug-likeness (QED) is 0.877. The summed E-state index contributed by atoms with van der Waals surface area (Å²) in [6, 6.07) is 4.00. The van der Waals surface area contributed by atoms with Gasteiger partial charge in [0.05, 0.1) is 30.0 Å². The van der Waals surface area contributed by atoms with Gasteiger partial charge in [0, 0.05) is 6.54 Å². The van der Waals surface area contributed by atoms with E-state index in [9.17, 15) is 9.18 Å². The van der Waals surface area contributed by atoms with Crippen molar-refractivity contribution in [2.24, 2.45) is 0 Å². The first kappa shape index (κ1) is 12.8. The Labute approximate surface area is 105 Å². The average Bonchev–Trinajstić information content (AvgIpc) is 2.29. The lowest BCUT2D eigenvalue weighted by Gasteiger charge is -2.43. The summed E-state index contributed by atoms with van der Waals surface area (Å²) in [5.74, 6) is -1.63. The summed E-state index contributed by atoms with van der Waals surface area (Å²) < 4.78 is 19.4. The Morgan fingerprint density at radius 2 is 2.22 bits per heavy atom. The molecule has 0 amide bonds. The number of ether oxygens (including phenoxy) is 1. The molecule has 0 bridgehead atoms. The first-order chi connectivity index (χ1) is 8.42. The summed E-state index contributed by atoms with van der Waals surface area (Å²) in [6.45, 7) is 5.60. The molecule has 5 heteroatoms. The molecule has 0 aliphatic carbocycles. The van der Waals surface area contributed by atoms with Crippen LogP contribution in [-0.4, -0.2) is 36.4 Å². The Bertz CT molecular complexity index is 473. The molecule has 0 atom stereocenters. The first-order valence-electron chi connectivity index (χ1n) is 5.80. The molecule has 0 radical (unpaired) electrons. The van der Waals surface area contributed by atoms with Crippen molar-refractivity contribution >= 4 is 11.7 Å². The molecule has 0 saturated carbocycles. The van der Waals surface area contributed by atoms with E-state index in [1.807, 2.05) is 18.7 Å². The molecule has 98 valence electrons. The number of carbonyl (C=O) groups is 1. The molecule has 4 nitrogen and oxygen atoms in total. The molecule has 2 rings (SSSR count). The van der Waals surface area contributed by atoms with E-state index in [2.05, 4.69) is 0 Å². The number of rotatable bonds is 2. The molecule has 18 heavy (non-hydrogen) atoms. The van der Waals surface area contributed by atoms with Crippen molar-refractivity contribution < 1.29 is 19.0 Å². The predicted molar refractivity (Wildman–Crippen MR) is 65.6 cm³/mol. The van der Waals surface area contributed by atoms with E-state index in [1.165, 1.54) is 12.1 Å². The van der Waals surface area contributed by atoms with E-state index in [4.69, 9.17) is 9.84 Å². The minimum absolute atomic E-state index is 0.0395. The zero-order valence-corrected chi connectivity index (χ0v) is 10.4. The Hall–Kier alpha value is -1.62. The van der Waals surface area contributed by atoms with Gasteiger partial charge in [0.25, 0.3) is 0 Å². The number of benzene rings is 1. The van der Waals surface area contributed by atoms with Gasteiger partial charge < -0.3 is 14.7 Å². The van der Waals surface area contributed by atoms with Gasteiger partial charge in [-0.2, -0.15) is 0 Å². The van der Waals surface area contributed by atoms with Crippen LogP contribution in [0, 0.1) is 5.82 Å². The third kappa shape index (κ3) is 2.31. The van der Waals surface area contributed by atoms with E-state index in [0.717, 1.165) is 6.07 Å². The van der Waals surface area contributed by atoms with Gasteiger partial charge in [0.15, 0.2) is 0 Å². The van der Waals surface area contributed by atoms with Crippen LogP contribution in [0.4, 0.5) is 10.1 Å². The molecular weight excluding hydrogens is 237 g/mol. The first-order valence-corrected chi connectivity index (χ1v) is 5.80. The zero-order chi connectivity index (χ0) is 13.3. The summed E-state index contributed by atoms with van der Waals surface area (Å²) in [4.78, 5) is 12.7. The van der Waals surface area contributed by atoms with Crippen molar-refractivity contribution in [2.45, 2.75) is 19.4 Å². The van der Waals surface area contributed by atoms with Crippen LogP contribution in [0.5, 0.6) is 0 Å². The molecule has 1 aliphatic rings. The molecule has 0 aromatic heterocycles.